The number of carbonyl (C=O) groups is 3. The van der Waals surface area contributed by atoms with Crippen LogP contribution in [0.2, 0.25) is 0 Å². The van der Waals surface area contributed by atoms with E-state index in [-0.39, 0.29) is 25.3 Å². The van der Waals surface area contributed by atoms with Gasteiger partial charge >= 0.3 is 12.0 Å². The zero-order valence-corrected chi connectivity index (χ0v) is 12.7. The first-order valence-corrected chi connectivity index (χ1v) is 6.86. The van der Waals surface area contributed by atoms with Gasteiger partial charge in [0.1, 0.15) is 12.1 Å². The lowest BCUT2D eigenvalue weighted by atomic mass is 9.93. The van der Waals surface area contributed by atoms with Crippen LogP contribution in [0, 0.1) is 0 Å². The van der Waals surface area contributed by atoms with E-state index in [2.05, 4.69) is 10.6 Å². The Morgan fingerprint density at radius 3 is 2.10 bits per heavy atom. The van der Waals surface area contributed by atoms with E-state index in [1.807, 2.05) is 6.92 Å². The molecule has 0 aromatic rings. The van der Waals surface area contributed by atoms with Crippen LogP contribution in [0.4, 0.5) is 4.79 Å². The van der Waals surface area contributed by atoms with Crippen LogP contribution in [0.3, 0.4) is 0 Å². The van der Waals surface area contributed by atoms with E-state index >= 15 is 0 Å². The molecule has 0 saturated heterocycles. The quantitative estimate of drug-likeness (QED) is 0.615. The molecule has 7 heteroatoms. The summed E-state index contributed by atoms with van der Waals surface area (Å²) >= 11 is 0. The highest BCUT2D eigenvalue weighted by Crippen LogP contribution is 2.15. The summed E-state index contributed by atoms with van der Waals surface area (Å²) < 4.78 is 0. The van der Waals surface area contributed by atoms with Crippen LogP contribution in [0.5, 0.6) is 0 Å². The number of carboxylic acid groups (broad SMARTS) is 1. The number of carbonyl (C=O) groups excluding carboxylic acids is 2. The fourth-order valence-electron chi connectivity index (χ4n) is 1.69. The first kappa shape index (κ1) is 18.2. The molecule has 0 bridgehead atoms. The van der Waals surface area contributed by atoms with Crippen molar-refractivity contribution in [3.8, 4) is 0 Å². The van der Waals surface area contributed by atoms with Gasteiger partial charge in [-0.1, -0.05) is 20.8 Å². The van der Waals surface area contributed by atoms with Gasteiger partial charge < -0.3 is 20.6 Å². The van der Waals surface area contributed by atoms with Gasteiger partial charge in [0.25, 0.3) is 0 Å². The number of nitrogens with zero attached hydrogens (tertiary/aromatic N) is 1. The summed E-state index contributed by atoms with van der Waals surface area (Å²) in [5, 5.41) is 14.4. The highest BCUT2D eigenvalue weighted by atomic mass is 16.4. The van der Waals surface area contributed by atoms with E-state index in [9.17, 15) is 19.5 Å². The summed E-state index contributed by atoms with van der Waals surface area (Å²) in [6.07, 6.45) is 1.37. The smallest absolute Gasteiger partial charge is 0.329 e. The summed E-state index contributed by atoms with van der Waals surface area (Å²) in [7, 11) is 1.46. The van der Waals surface area contributed by atoms with Gasteiger partial charge in [0.05, 0.1) is 0 Å². The number of hydrogen-bond acceptors (Lipinski definition) is 3. The van der Waals surface area contributed by atoms with Crippen LogP contribution >= 0.6 is 0 Å². The summed E-state index contributed by atoms with van der Waals surface area (Å²) in [5.74, 6) is -1.34. The van der Waals surface area contributed by atoms with E-state index in [1.54, 1.807) is 13.8 Å². The molecule has 0 spiro atoms. The molecule has 20 heavy (non-hydrogen) atoms. The van der Waals surface area contributed by atoms with Crippen LogP contribution < -0.4 is 10.6 Å². The fraction of sp³-hybridized carbons (Fsp3) is 0.769. The third-order valence-corrected chi connectivity index (χ3v) is 3.26. The summed E-state index contributed by atoms with van der Waals surface area (Å²) in [6.45, 7) is 5.78. The number of nitrogens with one attached hydrogen (secondary N) is 2. The van der Waals surface area contributed by atoms with Crippen molar-refractivity contribution >= 4 is 17.9 Å². The molecule has 0 radical (unpaired) electrons. The fourth-order valence-corrected chi connectivity index (χ4v) is 1.69. The minimum atomic E-state index is -1.29. The Morgan fingerprint density at radius 1 is 1.15 bits per heavy atom. The van der Waals surface area contributed by atoms with Gasteiger partial charge in [-0.3, -0.25) is 4.79 Å². The molecule has 3 N–H and O–H groups in total. The minimum Gasteiger partial charge on any atom is -0.480 e. The number of carboxylic acids is 1. The minimum absolute atomic E-state index is 0.102. The molecule has 7 nitrogen and oxygen atoms in total. The van der Waals surface area contributed by atoms with E-state index in [4.69, 9.17) is 0 Å². The Hall–Kier alpha value is -1.79. The van der Waals surface area contributed by atoms with Crippen molar-refractivity contribution < 1.29 is 19.5 Å². The summed E-state index contributed by atoms with van der Waals surface area (Å²) in [4.78, 5) is 35.9. The van der Waals surface area contributed by atoms with Gasteiger partial charge in [0, 0.05) is 13.6 Å². The van der Waals surface area contributed by atoms with Crippen molar-refractivity contribution in [3.05, 3.63) is 0 Å². The van der Waals surface area contributed by atoms with Crippen molar-refractivity contribution in [2.24, 2.45) is 0 Å². The van der Waals surface area contributed by atoms with Gasteiger partial charge in [-0.05, 0) is 19.3 Å². The maximum Gasteiger partial charge on any atom is 0.329 e. The SMILES string of the molecule is CCCNC(=O)CN(C)C(=O)NC(CC)(CC)C(=O)O. The molecule has 0 aromatic carbocycles. The number of hydrogen-bond donors (Lipinski definition) is 3. The average molecular weight is 287 g/mol. The summed E-state index contributed by atoms with van der Waals surface area (Å²) in [5.41, 5.74) is -1.29. The van der Waals surface area contributed by atoms with E-state index in [1.165, 1.54) is 11.9 Å². The first-order valence-electron chi connectivity index (χ1n) is 6.86. The van der Waals surface area contributed by atoms with Crippen molar-refractivity contribution in [2.45, 2.75) is 45.6 Å². The normalized spacial score (nSPS) is 10.8. The van der Waals surface area contributed by atoms with Gasteiger partial charge in [-0.2, -0.15) is 0 Å². The van der Waals surface area contributed by atoms with E-state index in [0.29, 0.717) is 6.54 Å². The molecule has 0 fully saturated rings. The lowest BCUT2D eigenvalue weighted by Crippen LogP contribution is -2.57. The molecule has 0 saturated carbocycles. The largest absolute Gasteiger partial charge is 0.480 e. The highest BCUT2D eigenvalue weighted by Gasteiger charge is 2.37. The lowest BCUT2D eigenvalue weighted by Gasteiger charge is -2.30. The molecule has 0 aromatic heterocycles. The topological polar surface area (TPSA) is 98.7 Å². The molecule has 0 unspecified atom stereocenters. The molecule has 0 aliphatic carbocycles. The van der Waals surface area contributed by atoms with Crippen LogP contribution in [0.25, 0.3) is 0 Å². The molecule has 0 rings (SSSR count). The van der Waals surface area contributed by atoms with Crippen molar-refractivity contribution in [2.75, 3.05) is 20.1 Å². The Bertz CT molecular complexity index is 354. The monoisotopic (exact) mass is 287 g/mol. The maximum atomic E-state index is 12.0. The Morgan fingerprint density at radius 2 is 1.70 bits per heavy atom. The standard InChI is InChI=1S/C13H25N3O4/c1-5-8-14-10(17)9-16(4)12(20)15-13(6-2,7-3)11(18)19/h5-9H2,1-4H3,(H,14,17)(H,15,20)(H,18,19). The van der Waals surface area contributed by atoms with E-state index in [0.717, 1.165) is 6.42 Å². The molecule has 0 aliphatic rings. The van der Waals surface area contributed by atoms with Gasteiger partial charge in [0.2, 0.25) is 5.91 Å². The average Bonchev–Trinajstić information content (AvgIpc) is 2.41. The molecule has 0 heterocycles. The van der Waals surface area contributed by atoms with Crippen molar-refractivity contribution in [3.63, 3.8) is 0 Å². The third-order valence-electron chi connectivity index (χ3n) is 3.26. The maximum absolute atomic E-state index is 12.0. The molecular formula is C13H25N3O4. The number of aliphatic carboxylic acids is 1. The van der Waals surface area contributed by atoms with Gasteiger partial charge in [-0.25, -0.2) is 9.59 Å². The second-order valence-electron chi connectivity index (χ2n) is 4.73. The van der Waals surface area contributed by atoms with Crippen LogP contribution in [0.1, 0.15) is 40.0 Å². The highest BCUT2D eigenvalue weighted by molar-refractivity contribution is 5.88. The number of amides is 3. The van der Waals surface area contributed by atoms with Crippen LogP contribution in [-0.4, -0.2) is 53.6 Å². The zero-order chi connectivity index (χ0) is 15.8. The molecule has 116 valence electrons. The number of likely N-dealkylation sites (N-methyl/N-ethyl adjacent to an activating group) is 1. The van der Waals surface area contributed by atoms with Crippen LogP contribution in [0.15, 0.2) is 0 Å². The van der Waals surface area contributed by atoms with Crippen molar-refractivity contribution in [1.29, 1.82) is 0 Å². The van der Waals surface area contributed by atoms with E-state index < -0.39 is 17.5 Å². The lowest BCUT2D eigenvalue weighted by molar-refractivity contribution is -0.144. The van der Waals surface area contributed by atoms with Gasteiger partial charge in [0.15, 0.2) is 0 Å². The Kier molecular flexibility index (Phi) is 7.64. The molecule has 3 amide bonds. The summed E-state index contributed by atoms with van der Waals surface area (Å²) in [6, 6.07) is -0.567. The van der Waals surface area contributed by atoms with Crippen LogP contribution in [-0.2, 0) is 9.59 Å². The zero-order valence-electron chi connectivity index (χ0n) is 12.7. The van der Waals surface area contributed by atoms with Crippen molar-refractivity contribution in [1.82, 2.24) is 15.5 Å². The molecule has 0 aliphatic heterocycles. The third kappa shape index (κ3) is 5.07. The number of urea groups is 1. The second kappa shape index (κ2) is 8.39. The Balaban J connectivity index is 4.58. The second-order valence-corrected chi connectivity index (χ2v) is 4.73. The predicted octanol–water partition coefficient (Wildman–Crippen LogP) is 0.797. The van der Waals surface area contributed by atoms with Gasteiger partial charge in [-0.15, -0.1) is 0 Å². The molecule has 0 atom stereocenters. The predicted molar refractivity (Wildman–Crippen MR) is 75.4 cm³/mol. The Labute approximate surface area is 119 Å². The number of rotatable bonds is 8. The first-order chi connectivity index (χ1) is 9.32. The molecular weight excluding hydrogens is 262 g/mol.